The maximum Gasteiger partial charge on any atom is 0.243 e. The largest absolute Gasteiger partial charge is 0.370 e. The molecule has 2 unspecified atom stereocenters. The number of hydrogen-bond donors (Lipinski definition) is 5. The number of carbonyl (C=O) groups is 3. The Hall–Kier alpha value is -2.32. The van der Waals surface area contributed by atoms with Gasteiger partial charge in [-0.05, 0) is 25.2 Å². The SMILES string of the molecule is CC(C)CC(NC(=O)C(CCCN=C(N)N)NC(=O)C(C)(C)C)C(N)=O. The molecule has 0 spiro atoms. The Bertz CT molecular complexity index is 521. The van der Waals surface area contributed by atoms with Gasteiger partial charge in [0.15, 0.2) is 5.96 Å². The molecule has 0 aliphatic carbocycles. The summed E-state index contributed by atoms with van der Waals surface area (Å²) in [5.74, 6) is -1.17. The van der Waals surface area contributed by atoms with Gasteiger partial charge >= 0.3 is 0 Å². The van der Waals surface area contributed by atoms with E-state index in [0.29, 0.717) is 25.8 Å². The van der Waals surface area contributed by atoms with E-state index in [9.17, 15) is 14.4 Å². The number of carbonyl (C=O) groups excluding carboxylic acids is 3. The van der Waals surface area contributed by atoms with E-state index in [1.54, 1.807) is 20.8 Å². The number of hydrogen-bond acceptors (Lipinski definition) is 4. The number of primary amides is 1. The lowest BCUT2D eigenvalue weighted by molar-refractivity contribution is -0.134. The van der Waals surface area contributed by atoms with Gasteiger partial charge in [0.25, 0.3) is 0 Å². The molecule has 0 saturated heterocycles. The van der Waals surface area contributed by atoms with Crippen molar-refractivity contribution in [3.63, 3.8) is 0 Å². The molecule has 0 fully saturated rings. The Balaban J connectivity index is 5.09. The predicted molar refractivity (Wildman–Crippen MR) is 102 cm³/mol. The van der Waals surface area contributed by atoms with Crippen LogP contribution in [-0.2, 0) is 14.4 Å². The molecule has 0 aliphatic heterocycles. The van der Waals surface area contributed by atoms with Crippen molar-refractivity contribution in [2.24, 2.45) is 33.5 Å². The number of nitrogens with zero attached hydrogens (tertiary/aromatic N) is 1. The van der Waals surface area contributed by atoms with Crippen molar-refractivity contribution < 1.29 is 14.4 Å². The lowest BCUT2D eigenvalue weighted by Crippen LogP contribution is -2.54. The molecule has 0 heterocycles. The second-order valence-electron chi connectivity index (χ2n) is 7.82. The lowest BCUT2D eigenvalue weighted by atomic mass is 9.94. The third kappa shape index (κ3) is 9.85. The molecular weight excluding hydrogens is 336 g/mol. The highest BCUT2D eigenvalue weighted by Gasteiger charge is 2.29. The van der Waals surface area contributed by atoms with Gasteiger partial charge in [0.2, 0.25) is 17.7 Å². The van der Waals surface area contributed by atoms with Gasteiger partial charge < -0.3 is 27.8 Å². The lowest BCUT2D eigenvalue weighted by Gasteiger charge is -2.26. The number of nitrogens with one attached hydrogen (secondary N) is 2. The highest BCUT2D eigenvalue weighted by molar-refractivity contribution is 5.92. The van der Waals surface area contributed by atoms with Gasteiger partial charge in [0.1, 0.15) is 12.1 Å². The Morgan fingerprint density at radius 2 is 1.58 bits per heavy atom. The number of guanidine groups is 1. The van der Waals surface area contributed by atoms with E-state index in [1.165, 1.54) is 0 Å². The minimum Gasteiger partial charge on any atom is -0.370 e. The number of aliphatic imine (C=N–C) groups is 1. The van der Waals surface area contributed by atoms with E-state index >= 15 is 0 Å². The van der Waals surface area contributed by atoms with Crippen LogP contribution in [0.25, 0.3) is 0 Å². The minimum atomic E-state index is -0.801. The van der Waals surface area contributed by atoms with Gasteiger partial charge in [-0.2, -0.15) is 0 Å². The average Bonchev–Trinajstić information content (AvgIpc) is 2.47. The van der Waals surface area contributed by atoms with Gasteiger partial charge in [-0.1, -0.05) is 34.6 Å². The smallest absolute Gasteiger partial charge is 0.243 e. The summed E-state index contributed by atoms with van der Waals surface area (Å²) < 4.78 is 0. The Morgan fingerprint density at radius 1 is 1.00 bits per heavy atom. The summed E-state index contributed by atoms with van der Waals surface area (Å²) in [7, 11) is 0. The van der Waals surface area contributed by atoms with Crippen molar-refractivity contribution in [1.82, 2.24) is 10.6 Å². The molecule has 3 amide bonds. The average molecular weight is 370 g/mol. The van der Waals surface area contributed by atoms with Crippen LogP contribution in [-0.4, -0.2) is 42.3 Å². The summed E-state index contributed by atoms with van der Waals surface area (Å²) in [6.07, 6.45) is 1.25. The van der Waals surface area contributed by atoms with Gasteiger partial charge in [0.05, 0.1) is 0 Å². The van der Waals surface area contributed by atoms with Gasteiger partial charge in [-0.15, -0.1) is 0 Å². The van der Waals surface area contributed by atoms with E-state index in [4.69, 9.17) is 17.2 Å². The van der Waals surface area contributed by atoms with Crippen LogP contribution in [0.2, 0.25) is 0 Å². The maximum atomic E-state index is 12.6. The summed E-state index contributed by atoms with van der Waals surface area (Å²) in [4.78, 5) is 40.3. The first-order valence-electron chi connectivity index (χ1n) is 8.80. The zero-order valence-corrected chi connectivity index (χ0v) is 16.5. The predicted octanol–water partition coefficient (Wildman–Crippen LogP) is -0.413. The molecular formula is C17H34N6O3. The number of nitrogens with two attached hydrogens (primary N) is 3. The molecule has 26 heavy (non-hydrogen) atoms. The van der Waals surface area contributed by atoms with Crippen LogP contribution < -0.4 is 27.8 Å². The normalized spacial score (nSPS) is 13.6. The third-order valence-corrected chi connectivity index (χ3v) is 3.62. The van der Waals surface area contributed by atoms with Crippen LogP contribution in [0.1, 0.15) is 53.9 Å². The second kappa shape index (κ2) is 10.6. The summed E-state index contributed by atoms with van der Waals surface area (Å²) in [5.41, 5.74) is 15.3. The second-order valence-corrected chi connectivity index (χ2v) is 7.82. The zero-order valence-electron chi connectivity index (χ0n) is 16.5. The molecule has 0 saturated carbocycles. The van der Waals surface area contributed by atoms with Crippen LogP contribution >= 0.6 is 0 Å². The molecule has 0 bridgehead atoms. The fourth-order valence-corrected chi connectivity index (χ4v) is 2.14. The van der Waals surface area contributed by atoms with Crippen molar-refractivity contribution in [1.29, 1.82) is 0 Å². The van der Waals surface area contributed by atoms with E-state index in [2.05, 4.69) is 15.6 Å². The molecule has 0 aromatic rings. The first kappa shape index (κ1) is 23.7. The third-order valence-electron chi connectivity index (χ3n) is 3.62. The molecule has 0 rings (SSSR count). The molecule has 2 atom stereocenters. The summed E-state index contributed by atoms with van der Waals surface area (Å²) in [6, 6.07) is -1.58. The summed E-state index contributed by atoms with van der Waals surface area (Å²) in [6.45, 7) is 9.44. The van der Waals surface area contributed by atoms with Crippen molar-refractivity contribution in [3.8, 4) is 0 Å². The standard InChI is InChI=1S/C17H34N6O3/c1-10(2)9-12(13(18)24)22-14(25)11(7-6-8-21-16(19)20)23-15(26)17(3,4)5/h10-12H,6-9H2,1-5H3,(H2,18,24)(H,22,25)(H,23,26)(H4,19,20,21). The van der Waals surface area contributed by atoms with E-state index in [-0.39, 0.29) is 17.8 Å². The van der Waals surface area contributed by atoms with Crippen molar-refractivity contribution in [2.45, 2.75) is 66.0 Å². The van der Waals surface area contributed by atoms with E-state index in [1.807, 2.05) is 13.8 Å². The fraction of sp³-hybridized carbons (Fsp3) is 0.765. The monoisotopic (exact) mass is 370 g/mol. The highest BCUT2D eigenvalue weighted by atomic mass is 16.2. The summed E-state index contributed by atoms with van der Waals surface area (Å²) in [5, 5.41) is 5.37. The minimum absolute atomic E-state index is 0.0320. The molecule has 0 aromatic carbocycles. The Morgan fingerprint density at radius 3 is 2.00 bits per heavy atom. The van der Waals surface area contributed by atoms with Gasteiger partial charge in [-0.3, -0.25) is 19.4 Å². The van der Waals surface area contributed by atoms with Crippen molar-refractivity contribution in [2.75, 3.05) is 6.54 Å². The molecule has 150 valence electrons. The van der Waals surface area contributed by atoms with Crippen LogP contribution in [0.4, 0.5) is 0 Å². The highest BCUT2D eigenvalue weighted by Crippen LogP contribution is 2.14. The fourth-order valence-electron chi connectivity index (χ4n) is 2.14. The van der Waals surface area contributed by atoms with Gasteiger partial charge in [-0.25, -0.2) is 0 Å². The van der Waals surface area contributed by atoms with Crippen LogP contribution in [0.5, 0.6) is 0 Å². The molecule has 0 aromatic heterocycles. The molecule has 0 radical (unpaired) electrons. The maximum absolute atomic E-state index is 12.6. The first-order valence-corrected chi connectivity index (χ1v) is 8.80. The number of rotatable bonds is 10. The van der Waals surface area contributed by atoms with E-state index in [0.717, 1.165) is 0 Å². The van der Waals surface area contributed by atoms with Crippen molar-refractivity contribution >= 4 is 23.7 Å². The first-order chi connectivity index (χ1) is 11.8. The Labute approximate surface area is 155 Å². The van der Waals surface area contributed by atoms with E-state index < -0.39 is 29.3 Å². The van der Waals surface area contributed by atoms with Crippen LogP contribution in [0.3, 0.4) is 0 Å². The zero-order chi connectivity index (χ0) is 20.5. The molecule has 9 heteroatoms. The quantitative estimate of drug-likeness (QED) is 0.200. The van der Waals surface area contributed by atoms with Crippen molar-refractivity contribution in [3.05, 3.63) is 0 Å². The number of amides is 3. The van der Waals surface area contributed by atoms with Crippen LogP contribution in [0.15, 0.2) is 4.99 Å². The molecule has 0 aliphatic rings. The summed E-state index contributed by atoms with van der Waals surface area (Å²) >= 11 is 0. The van der Waals surface area contributed by atoms with Crippen LogP contribution in [0, 0.1) is 11.3 Å². The molecule has 9 nitrogen and oxygen atoms in total. The van der Waals surface area contributed by atoms with Gasteiger partial charge in [0, 0.05) is 12.0 Å². The Kier molecular flexibility index (Phi) is 9.67. The molecule has 8 N–H and O–H groups in total. The topological polar surface area (TPSA) is 166 Å².